The monoisotopic (exact) mass is 244 g/mol. The summed E-state index contributed by atoms with van der Waals surface area (Å²) in [4.78, 5) is 18.4. The highest BCUT2D eigenvalue weighted by Crippen LogP contribution is 2.23. The van der Waals surface area contributed by atoms with Crippen molar-refractivity contribution in [1.82, 2.24) is 9.88 Å². The number of rotatable bonds is 1. The minimum atomic E-state index is 0.0649. The van der Waals surface area contributed by atoms with Crippen molar-refractivity contribution in [3.63, 3.8) is 0 Å². The number of aromatic nitrogens is 1. The number of hydrogen-bond acceptors (Lipinski definition) is 3. The second-order valence-corrected chi connectivity index (χ2v) is 5.35. The first-order valence-electron chi connectivity index (χ1n) is 5.00. The quantitative estimate of drug-likeness (QED) is 0.710. The van der Waals surface area contributed by atoms with Crippen LogP contribution in [0, 0.1) is 5.92 Å². The van der Waals surface area contributed by atoms with Gasteiger partial charge < -0.3 is 4.90 Å². The highest BCUT2D eigenvalue weighted by atomic mass is 35.5. The van der Waals surface area contributed by atoms with Crippen molar-refractivity contribution in [2.45, 2.75) is 18.7 Å². The van der Waals surface area contributed by atoms with Crippen LogP contribution in [0.4, 0.5) is 0 Å². The molecule has 2 atom stereocenters. The first kappa shape index (κ1) is 10.9. The van der Waals surface area contributed by atoms with Crippen molar-refractivity contribution >= 4 is 28.8 Å². The zero-order valence-electron chi connectivity index (χ0n) is 8.52. The molecule has 0 spiro atoms. The van der Waals surface area contributed by atoms with Crippen molar-refractivity contribution in [3.05, 3.63) is 16.6 Å². The molecule has 2 unspecified atom stereocenters. The Hall–Kier alpha value is -0.610. The molecular formula is C10H13ClN2OS. The third-order valence-electron chi connectivity index (χ3n) is 2.80. The van der Waals surface area contributed by atoms with Gasteiger partial charge in [0.25, 0.3) is 5.91 Å². The van der Waals surface area contributed by atoms with Crippen LogP contribution in [0.1, 0.15) is 23.0 Å². The van der Waals surface area contributed by atoms with Gasteiger partial charge in [-0.3, -0.25) is 9.78 Å². The summed E-state index contributed by atoms with van der Waals surface area (Å²) in [5, 5.41) is 0.0793. The molecule has 0 aromatic carbocycles. The van der Waals surface area contributed by atoms with E-state index in [0.717, 1.165) is 13.0 Å². The fourth-order valence-electron chi connectivity index (χ4n) is 1.68. The topological polar surface area (TPSA) is 33.2 Å². The smallest absolute Gasteiger partial charge is 0.265 e. The van der Waals surface area contributed by atoms with E-state index < -0.39 is 0 Å². The zero-order valence-corrected chi connectivity index (χ0v) is 10.1. The van der Waals surface area contributed by atoms with E-state index in [1.165, 1.54) is 11.3 Å². The Morgan fingerprint density at radius 3 is 3.13 bits per heavy atom. The Labute approximate surface area is 98.1 Å². The van der Waals surface area contributed by atoms with Gasteiger partial charge in [-0.05, 0) is 12.3 Å². The number of carbonyl (C=O) groups is 1. The van der Waals surface area contributed by atoms with Gasteiger partial charge >= 0.3 is 0 Å². The number of likely N-dealkylation sites (tertiary alicyclic amines) is 1. The van der Waals surface area contributed by atoms with E-state index in [-0.39, 0.29) is 11.3 Å². The largest absolute Gasteiger partial charge is 0.336 e. The third-order valence-corrected chi connectivity index (χ3v) is 4.13. The lowest BCUT2D eigenvalue weighted by Crippen LogP contribution is -2.43. The molecule has 15 heavy (non-hydrogen) atoms. The SMILES string of the molecule is CC1CCN(C(=O)c2cncs2)CC1Cl. The molecular weight excluding hydrogens is 232 g/mol. The molecule has 5 heteroatoms. The number of carbonyl (C=O) groups excluding carboxylic acids is 1. The van der Waals surface area contributed by atoms with Gasteiger partial charge in [-0.1, -0.05) is 6.92 Å². The standard InChI is InChI=1S/C10H13ClN2OS/c1-7-2-3-13(5-8(7)11)10(14)9-4-12-6-15-9/h4,6-8H,2-3,5H2,1H3. The fraction of sp³-hybridized carbons (Fsp3) is 0.600. The lowest BCUT2D eigenvalue weighted by atomic mass is 9.98. The molecule has 0 radical (unpaired) electrons. The maximum Gasteiger partial charge on any atom is 0.265 e. The highest BCUT2D eigenvalue weighted by Gasteiger charge is 2.28. The molecule has 0 N–H and O–H groups in total. The average molecular weight is 245 g/mol. The summed E-state index contributed by atoms with van der Waals surface area (Å²) >= 11 is 7.54. The van der Waals surface area contributed by atoms with Crippen LogP contribution in [0.5, 0.6) is 0 Å². The van der Waals surface area contributed by atoms with Gasteiger partial charge in [0.1, 0.15) is 4.88 Å². The molecule has 2 rings (SSSR count). The van der Waals surface area contributed by atoms with Gasteiger partial charge in [-0.2, -0.15) is 0 Å². The molecule has 1 aromatic rings. The molecule has 0 bridgehead atoms. The van der Waals surface area contributed by atoms with Crippen LogP contribution < -0.4 is 0 Å². The number of piperidine rings is 1. The maximum atomic E-state index is 12.0. The van der Waals surface area contributed by atoms with Crippen LogP contribution in [0.25, 0.3) is 0 Å². The van der Waals surface area contributed by atoms with Crippen molar-refractivity contribution in [2.24, 2.45) is 5.92 Å². The van der Waals surface area contributed by atoms with E-state index in [4.69, 9.17) is 11.6 Å². The molecule has 0 aliphatic carbocycles. The predicted octanol–water partition coefficient (Wildman–Crippen LogP) is 2.23. The van der Waals surface area contributed by atoms with Crippen LogP contribution in [-0.4, -0.2) is 34.3 Å². The lowest BCUT2D eigenvalue weighted by Gasteiger charge is -2.33. The summed E-state index contributed by atoms with van der Waals surface area (Å²) in [6.45, 7) is 3.59. The molecule has 2 heterocycles. The number of amides is 1. The van der Waals surface area contributed by atoms with E-state index in [0.29, 0.717) is 17.3 Å². The van der Waals surface area contributed by atoms with Gasteiger partial charge in [-0.25, -0.2) is 0 Å². The zero-order chi connectivity index (χ0) is 10.8. The van der Waals surface area contributed by atoms with Crippen molar-refractivity contribution in [3.8, 4) is 0 Å². The van der Waals surface area contributed by atoms with E-state index >= 15 is 0 Å². The van der Waals surface area contributed by atoms with Gasteiger partial charge in [0.05, 0.1) is 17.1 Å². The molecule has 1 fully saturated rings. The first-order valence-corrected chi connectivity index (χ1v) is 6.32. The van der Waals surface area contributed by atoms with Crippen molar-refractivity contribution < 1.29 is 4.79 Å². The van der Waals surface area contributed by atoms with Gasteiger partial charge in [0.2, 0.25) is 0 Å². The van der Waals surface area contributed by atoms with E-state index in [9.17, 15) is 4.79 Å². The Morgan fingerprint density at radius 1 is 1.73 bits per heavy atom. The van der Waals surface area contributed by atoms with E-state index in [2.05, 4.69) is 11.9 Å². The molecule has 3 nitrogen and oxygen atoms in total. The van der Waals surface area contributed by atoms with Crippen LogP contribution >= 0.6 is 22.9 Å². The van der Waals surface area contributed by atoms with Gasteiger partial charge in [-0.15, -0.1) is 22.9 Å². The minimum absolute atomic E-state index is 0.0649. The first-order chi connectivity index (χ1) is 7.18. The van der Waals surface area contributed by atoms with Gasteiger partial charge in [0.15, 0.2) is 0 Å². The van der Waals surface area contributed by atoms with E-state index in [1.54, 1.807) is 11.7 Å². The molecule has 1 aliphatic rings. The highest BCUT2D eigenvalue weighted by molar-refractivity contribution is 7.11. The molecule has 1 aliphatic heterocycles. The lowest BCUT2D eigenvalue weighted by molar-refractivity contribution is 0.0706. The van der Waals surface area contributed by atoms with Gasteiger partial charge in [0, 0.05) is 13.1 Å². The number of halogens is 1. The minimum Gasteiger partial charge on any atom is -0.336 e. The molecule has 1 saturated heterocycles. The summed E-state index contributed by atoms with van der Waals surface area (Å²) in [6.07, 6.45) is 2.60. The Kier molecular flexibility index (Phi) is 3.26. The van der Waals surface area contributed by atoms with Crippen LogP contribution in [0.3, 0.4) is 0 Å². The molecule has 0 saturated carbocycles. The summed E-state index contributed by atoms with van der Waals surface area (Å²) in [5.74, 6) is 0.562. The van der Waals surface area contributed by atoms with Crippen LogP contribution in [0.15, 0.2) is 11.7 Å². The summed E-state index contributed by atoms with van der Waals surface area (Å²) in [6, 6.07) is 0. The molecule has 1 amide bonds. The summed E-state index contributed by atoms with van der Waals surface area (Å²) in [5.41, 5.74) is 1.68. The molecule has 1 aromatic heterocycles. The Morgan fingerprint density at radius 2 is 2.53 bits per heavy atom. The summed E-state index contributed by atoms with van der Waals surface area (Å²) in [7, 11) is 0. The van der Waals surface area contributed by atoms with E-state index in [1.807, 2.05) is 4.90 Å². The number of nitrogens with zero attached hydrogens (tertiary/aromatic N) is 2. The maximum absolute atomic E-state index is 12.0. The third kappa shape index (κ3) is 2.32. The van der Waals surface area contributed by atoms with Crippen molar-refractivity contribution in [1.29, 1.82) is 0 Å². The van der Waals surface area contributed by atoms with Crippen LogP contribution in [-0.2, 0) is 0 Å². The van der Waals surface area contributed by atoms with Crippen LogP contribution in [0.2, 0.25) is 0 Å². The number of hydrogen-bond donors (Lipinski definition) is 0. The normalized spacial score (nSPS) is 26.7. The van der Waals surface area contributed by atoms with Crippen molar-refractivity contribution in [2.75, 3.05) is 13.1 Å². The average Bonchev–Trinajstić information content (AvgIpc) is 2.74. The second kappa shape index (κ2) is 4.49. The number of alkyl halides is 1. The predicted molar refractivity (Wildman–Crippen MR) is 61.4 cm³/mol. The fourth-order valence-corrected chi connectivity index (χ4v) is 2.56. The number of thiazole rings is 1. The summed E-state index contributed by atoms with van der Waals surface area (Å²) < 4.78 is 0. The Bertz CT molecular complexity index is 341. The Balaban J connectivity index is 2.03. The molecule has 82 valence electrons. The second-order valence-electron chi connectivity index (χ2n) is 3.90.